The molecular formula is C16H23NO2S. The van der Waals surface area contributed by atoms with E-state index < -0.39 is 0 Å². The molecule has 110 valence electrons. The fourth-order valence-corrected chi connectivity index (χ4v) is 2.93. The third kappa shape index (κ3) is 3.85. The number of nitrogens with two attached hydrogens (primary N) is 1. The average Bonchev–Trinajstić information content (AvgIpc) is 2.47. The number of hydrogen-bond acceptors (Lipinski definition) is 3. The normalized spacial score (nSPS) is 22.3. The lowest BCUT2D eigenvalue weighted by Gasteiger charge is -2.29. The van der Waals surface area contributed by atoms with Crippen molar-refractivity contribution in [2.24, 2.45) is 11.7 Å². The fraction of sp³-hybridized carbons (Fsp3) is 0.562. The van der Waals surface area contributed by atoms with Crippen LogP contribution < -0.4 is 15.2 Å². The first-order chi connectivity index (χ1) is 9.62. The second-order valence-corrected chi connectivity index (χ2v) is 5.88. The molecule has 0 heterocycles. The molecule has 1 aliphatic carbocycles. The van der Waals surface area contributed by atoms with Crippen LogP contribution in [0.1, 0.15) is 44.6 Å². The lowest BCUT2D eigenvalue weighted by atomic mass is 9.85. The van der Waals surface area contributed by atoms with Crippen LogP contribution in [0.25, 0.3) is 0 Å². The lowest BCUT2D eigenvalue weighted by molar-refractivity contribution is 0.122. The van der Waals surface area contributed by atoms with Crippen molar-refractivity contribution in [2.75, 3.05) is 7.11 Å². The van der Waals surface area contributed by atoms with Crippen LogP contribution in [0.2, 0.25) is 0 Å². The summed E-state index contributed by atoms with van der Waals surface area (Å²) < 4.78 is 11.4. The van der Waals surface area contributed by atoms with E-state index in [4.69, 9.17) is 27.4 Å². The summed E-state index contributed by atoms with van der Waals surface area (Å²) in [5.74, 6) is 2.32. The zero-order valence-electron chi connectivity index (χ0n) is 12.2. The first-order valence-corrected chi connectivity index (χ1v) is 7.68. The molecule has 0 saturated heterocycles. The van der Waals surface area contributed by atoms with Gasteiger partial charge in [-0.05, 0) is 37.3 Å². The molecule has 3 nitrogen and oxygen atoms in total. The molecule has 0 bridgehead atoms. The molecule has 1 fully saturated rings. The van der Waals surface area contributed by atoms with E-state index >= 15 is 0 Å². The van der Waals surface area contributed by atoms with Gasteiger partial charge in [-0.3, -0.25) is 0 Å². The van der Waals surface area contributed by atoms with Crippen molar-refractivity contribution >= 4 is 17.2 Å². The predicted octanol–water partition coefficient (Wildman–Crippen LogP) is 3.68. The minimum atomic E-state index is 0.292. The van der Waals surface area contributed by atoms with Crippen LogP contribution in [0.5, 0.6) is 11.5 Å². The van der Waals surface area contributed by atoms with E-state index in [-0.39, 0.29) is 0 Å². The summed E-state index contributed by atoms with van der Waals surface area (Å²) in [6, 6.07) is 5.64. The molecule has 1 aromatic rings. The van der Waals surface area contributed by atoms with E-state index in [0.717, 1.165) is 35.8 Å². The number of methoxy groups -OCH3 is 1. The van der Waals surface area contributed by atoms with Gasteiger partial charge in [0.1, 0.15) is 16.5 Å². The molecule has 20 heavy (non-hydrogen) atoms. The monoisotopic (exact) mass is 293 g/mol. The molecule has 2 N–H and O–H groups in total. The highest BCUT2D eigenvalue weighted by atomic mass is 32.1. The minimum Gasteiger partial charge on any atom is -0.497 e. The van der Waals surface area contributed by atoms with Gasteiger partial charge in [-0.15, -0.1) is 0 Å². The Labute approximate surface area is 126 Å². The number of ether oxygens (including phenoxy) is 2. The van der Waals surface area contributed by atoms with E-state index in [2.05, 4.69) is 6.92 Å². The van der Waals surface area contributed by atoms with Crippen LogP contribution in [0, 0.1) is 5.92 Å². The van der Waals surface area contributed by atoms with Crippen LogP contribution >= 0.6 is 12.2 Å². The summed E-state index contributed by atoms with van der Waals surface area (Å²) in [5, 5.41) is 0. The molecule has 0 aromatic heterocycles. The van der Waals surface area contributed by atoms with Gasteiger partial charge in [-0.25, -0.2) is 0 Å². The van der Waals surface area contributed by atoms with Crippen molar-refractivity contribution in [3.8, 4) is 11.5 Å². The third-order valence-corrected chi connectivity index (χ3v) is 4.25. The van der Waals surface area contributed by atoms with Gasteiger partial charge in [0.2, 0.25) is 0 Å². The standard InChI is InChI=1S/C16H23NO2S/c1-3-11-5-4-6-13(7-11)19-15-9-12(16(17)20)8-14(10-15)18-2/h8-11,13H,3-7H2,1-2H3,(H2,17,20). The largest absolute Gasteiger partial charge is 0.497 e. The maximum atomic E-state index is 6.13. The molecule has 2 unspecified atom stereocenters. The van der Waals surface area contributed by atoms with Gasteiger partial charge in [0.25, 0.3) is 0 Å². The molecule has 0 amide bonds. The van der Waals surface area contributed by atoms with E-state index in [1.54, 1.807) is 7.11 Å². The molecule has 0 spiro atoms. The second kappa shape index (κ2) is 6.93. The quantitative estimate of drug-likeness (QED) is 0.841. The Bertz CT molecular complexity index is 476. The topological polar surface area (TPSA) is 44.5 Å². The molecular weight excluding hydrogens is 270 g/mol. The van der Waals surface area contributed by atoms with Crippen molar-refractivity contribution in [1.82, 2.24) is 0 Å². The fourth-order valence-electron chi connectivity index (χ4n) is 2.81. The van der Waals surface area contributed by atoms with Crippen LogP contribution in [0.15, 0.2) is 18.2 Å². The smallest absolute Gasteiger partial charge is 0.124 e. The predicted molar refractivity (Wildman–Crippen MR) is 85.5 cm³/mol. The van der Waals surface area contributed by atoms with Crippen LogP contribution in [0.3, 0.4) is 0 Å². The number of hydrogen-bond donors (Lipinski definition) is 1. The SMILES string of the molecule is CCC1CCCC(Oc2cc(OC)cc(C(N)=S)c2)C1. The lowest BCUT2D eigenvalue weighted by Crippen LogP contribution is -2.25. The molecule has 0 radical (unpaired) electrons. The van der Waals surface area contributed by atoms with Crippen molar-refractivity contribution < 1.29 is 9.47 Å². The van der Waals surface area contributed by atoms with Gasteiger partial charge in [0.05, 0.1) is 13.2 Å². The zero-order valence-corrected chi connectivity index (χ0v) is 13.0. The molecule has 1 aliphatic rings. The summed E-state index contributed by atoms with van der Waals surface area (Å²) in [7, 11) is 1.64. The summed E-state index contributed by atoms with van der Waals surface area (Å²) in [5.41, 5.74) is 6.49. The molecule has 0 aliphatic heterocycles. The Hall–Kier alpha value is -1.29. The average molecular weight is 293 g/mol. The Morgan fingerprint density at radius 1 is 1.30 bits per heavy atom. The Morgan fingerprint density at radius 2 is 2.05 bits per heavy atom. The minimum absolute atomic E-state index is 0.292. The first-order valence-electron chi connectivity index (χ1n) is 7.28. The summed E-state index contributed by atoms with van der Waals surface area (Å²) in [6.45, 7) is 2.25. The Balaban J connectivity index is 2.11. The second-order valence-electron chi connectivity index (χ2n) is 5.44. The maximum Gasteiger partial charge on any atom is 0.124 e. The van der Waals surface area contributed by atoms with Crippen LogP contribution in [-0.2, 0) is 0 Å². The zero-order chi connectivity index (χ0) is 14.5. The summed E-state index contributed by atoms with van der Waals surface area (Å²) in [4.78, 5) is 0.365. The third-order valence-electron chi connectivity index (χ3n) is 4.02. The van der Waals surface area contributed by atoms with Crippen molar-refractivity contribution in [1.29, 1.82) is 0 Å². The summed E-state index contributed by atoms with van der Waals surface area (Å²) in [6.07, 6.45) is 6.35. The number of benzene rings is 1. The van der Waals surface area contributed by atoms with Crippen molar-refractivity contribution in [2.45, 2.75) is 45.1 Å². The molecule has 2 atom stereocenters. The Kier molecular flexibility index (Phi) is 5.24. The molecule has 1 saturated carbocycles. The van der Waals surface area contributed by atoms with Crippen LogP contribution in [-0.4, -0.2) is 18.2 Å². The maximum absolute atomic E-state index is 6.13. The van der Waals surface area contributed by atoms with E-state index in [0.29, 0.717) is 11.1 Å². The highest BCUT2D eigenvalue weighted by Gasteiger charge is 2.22. The highest BCUT2D eigenvalue weighted by Crippen LogP contribution is 2.31. The highest BCUT2D eigenvalue weighted by molar-refractivity contribution is 7.80. The van der Waals surface area contributed by atoms with E-state index in [1.807, 2.05) is 18.2 Å². The van der Waals surface area contributed by atoms with Crippen molar-refractivity contribution in [3.05, 3.63) is 23.8 Å². The van der Waals surface area contributed by atoms with E-state index in [9.17, 15) is 0 Å². The molecule has 2 rings (SSSR count). The van der Waals surface area contributed by atoms with Gasteiger partial charge in [0.15, 0.2) is 0 Å². The van der Waals surface area contributed by atoms with Gasteiger partial charge in [-0.1, -0.05) is 32.0 Å². The van der Waals surface area contributed by atoms with Gasteiger partial charge >= 0.3 is 0 Å². The first kappa shape index (κ1) is 15.1. The van der Waals surface area contributed by atoms with Gasteiger partial charge in [-0.2, -0.15) is 0 Å². The molecule has 1 aromatic carbocycles. The molecule has 4 heteroatoms. The number of rotatable bonds is 5. The number of thiocarbonyl (C=S) groups is 1. The van der Waals surface area contributed by atoms with Crippen LogP contribution in [0.4, 0.5) is 0 Å². The summed E-state index contributed by atoms with van der Waals surface area (Å²) >= 11 is 5.04. The van der Waals surface area contributed by atoms with Gasteiger partial charge in [0, 0.05) is 11.6 Å². The Morgan fingerprint density at radius 3 is 2.70 bits per heavy atom. The van der Waals surface area contributed by atoms with E-state index in [1.165, 1.54) is 19.3 Å². The van der Waals surface area contributed by atoms with Crippen molar-refractivity contribution in [3.63, 3.8) is 0 Å². The van der Waals surface area contributed by atoms with Gasteiger partial charge < -0.3 is 15.2 Å².